The van der Waals surface area contributed by atoms with Crippen molar-refractivity contribution in [1.82, 2.24) is 15.1 Å². The second-order valence-corrected chi connectivity index (χ2v) is 6.01. The van der Waals surface area contributed by atoms with Crippen LogP contribution in [0.15, 0.2) is 54.6 Å². The molecule has 0 radical (unpaired) electrons. The fourth-order valence-electron chi connectivity index (χ4n) is 2.76. The Bertz CT molecular complexity index is 965. The second-order valence-electron chi connectivity index (χ2n) is 6.01. The van der Waals surface area contributed by atoms with Crippen LogP contribution in [0.4, 0.5) is 16.2 Å². The summed E-state index contributed by atoms with van der Waals surface area (Å²) in [5.41, 5.74) is 4.14. The number of carbonyl (C=O) groups excluding carboxylic acids is 1. The number of para-hydroxylation sites is 1. The summed E-state index contributed by atoms with van der Waals surface area (Å²) in [6, 6.07) is 15.0. The van der Waals surface area contributed by atoms with Gasteiger partial charge in [0.1, 0.15) is 0 Å². The molecule has 0 atom stereocenters. The van der Waals surface area contributed by atoms with Gasteiger partial charge in [0.05, 0.1) is 16.3 Å². The molecular weight excluding hydrogens is 346 g/mol. The van der Waals surface area contributed by atoms with Crippen molar-refractivity contribution in [2.24, 2.45) is 0 Å². The number of hydrogen-bond donors (Lipinski definition) is 2. The number of nitro benzene ring substituents is 1. The van der Waals surface area contributed by atoms with Crippen LogP contribution >= 0.6 is 0 Å². The molecule has 3 aromatic rings. The first kappa shape index (κ1) is 18.1. The average molecular weight is 365 g/mol. The molecule has 27 heavy (non-hydrogen) atoms. The van der Waals surface area contributed by atoms with Crippen molar-refractivity contribution in [3.8, 4) is 5.69 Å². The van der Waals surface area contributed by atoms with Crippen LogP contribution in [0.3, 0.4) is 0 Å². The van der Waals surface area contributed by atoms with Crippen LogP contribution in [0, 0.1) is 24.0 Å². The minimum Gasteiger partial charge on any atom is -0.334 e. The zero-order valence-electron chi connectivity index (χ0n) is 15.0. The lowest BCUT2D eigenvalue weighted by molar-refractivity contribution is -0.384. The van der Waals surface area contributed by atoms with Gasteiger partial charge in [0.25, 0.3) is 5.69 Å². The third kappa shape index (κ3) is 4.12. The number of benzene rings is 2. The molecule has 0 saturated carbocycles. The Kier molecular flexibility index (Phi) is 5.16. The van der Waals surface area contributed by atoms with E-state index in [9.17, 15) is 14.9 Å². The molecule has 2 N–H and O–H groups in total. The van der Waals surface area contributed by atoms with E-state index in [1.165, 1.54) is 24.3 Å². The van der Waals surface area contributed by atoms with E-state index in [-0.39, 0.29) is 5.69 Å². The lowest BCUT2D eigenvalue weighted by Gasteiger charge is -2.08. The lowest BCUT2D eigenvalue weighted by Crippen LogP contribution is -2.28. The molecule has 1 aromatic heterocycles. The maximum atomic E-state index is 12.1. The molecule has 1 heterocycles. The molecule has 2 amide bonds. The highest BCUT2D eigenvalue weighted by molar-refractivity contribution is 5.89. The van der Waals surface area contributed by atoms with Gasteiger partial charge in [0.15, 0.2) is 0 Å². The molecule has 0 unspecified atom stereocenters. The number of carbonyl (C=O) groups is 1. The van der Waals surface area contributed by atoms with Gasteiger partial charge in [-0.25, -0.2) is 9.48 Å². The first-order valence-corrected chi connectivity index (χ1v) is 8.35. The zero-order chi connectivity index (χ0) is 19.4. The molecule has 138 valence electrons. The minimum atomic E-state index is -0.486. The summed E-state index contributed by atoms with van der Waals surface area (Å²) in [6.07, 6.45) is 0. The van der Waals surface area contributed by atoms with Gasteiger partial charge in [-0.3, -0.25) is 10.1 Å². The number of nitro groups is 1. The van der Waals surface area contributed by atoms with E-state index < -0.39 is 11.0 Å². The number of hydrogen-bond acceptors (Lipinski definition) is 4. The molecule has 0 saturated heterocycles. The first-order chi connectivity index (χ1) is 13.0. The molecular formula is C19H19N5O3. The van der Waals surface area contributed by atoms with Crippen molar-refractivity contribution >= 4 is 17.4 Å². The first-order valence-electron chi connectivity index (χ1n) is 8.35. The summed E-state index contributed by atoms with van der Waals surface area (Å²) < 4.78 is 1.85. The van der Waals surface area contributed by atoms with Crippen molar-refractivity contribution in [3.63, 3.8) is 0 Å². The number of nitrogens with one attached hydrogen (secondary N) is 2. The summed E-state index contributed by atoms with van der Waals surface area (Å²) in [7, 11) is 0. The van der Waals surface area contributed by atoms with E-state index in [0.717, 1.165) is 22.6 Å². The van der Waals surface area contributed by atoms with Crippen LogP contribution in [0.25, 0.3) is 5.69 Å². The number of anilines is 1. The Morgan fingerprint density at radius 1 is 1.11 bits per heavy atom. The molecule has 0 aliphatic heterocycles. The molecule has 8 nitrogen and oxygen atoms in total. The van der Waals surface area contributed by atoms with E-state index in [4.69, 9.17) is 0 Å². The Morgan fingerprint density at radius 2 is 1.78 bits per heavy atom. The number of nitrogens with zero attached hydrogens (tertiary/aromatic N) is 3. The van der Waals surface area contributed by atoms with Crippen LogP contribution in [0.1, 0.15) is 17.0 Å². The highest BCUT2D eigenvalue weighted by Crippen LogP contribution is 2.18. The van der Waals surface area contributed by atoms with Crippen molar-refractivity contribution < 1.29 is 9.72 Å². The number of rotatable bonds is 5. The van der Waals surface area contributed by atoms with Crippen LogP contribution in [0.5, 0.6) is 0 Å². The Hall–Kier alpha value is -3.68. The van der Waals surface area contributed by atoms with Gasteiger partial charge < -0.3 is 10.6 Å². The van der Waals surface area contributed by atoms with Crippen LogP contribution in [-0.2, 0) is 6.54 Å². The third-order valence-electron chi connectivity index (χ3n) is 4.20. The lowest BCUT2D eigenvalue weighted by atomic mass is 10.2. The molecule has 0 spiro atoms. The topological polar surface area (TPSA) is 102 Å². The van der Waals surface area contributed by atoms with Crippen LogP contribution in [-0.4, -0.2) is 20.7 Å². The summed E-state index contributed by atoms with van der Waals surface area (Å²) in [6.45, 7) is 4.18. The maximum Gasteiger partial charge on any atom is 0.319 e. The molecule has 0 aliphatic carbocycles. The summed E-state index contributed by atoms with van der Waals surface area (Å²) >= 11 is 0. The predicted octanol–water partition coefficient (Wildman–Crippen LogP) is 3.72. The van der Waals surface area contributed by atoms with Crippen LogP contribution < -0.4 is 10.6 Å². The van der Waals surface area contributed by atoms with Gasteiger partial charge >= 0.3 is 6.03 Å². The third-order valence-corrected chi connectivity index (χ3v) is 4.20. The van der Waals surface area contributed by atoms with E-state index in [1.807, 2.05) is 48.9 Å². The van der Waals surface area contributed by atoms with Crippen molar-refractivity contribution in [2.45, 2.75) is 20.4 Å². The van der Waals surface area contributed by atoms with Gasteiger partial charge in [-0.15, -0.1) is 0 Å². The highest BCUT2D eigenvalue weighted by atomic mass is 16.6. The number of aryl methyl sites for hydroxylation is 1. The van der Waals surface area contributed by atoms with E-state index in [2.05, 4.69) is 15.7 Å². The predicted molar refractivity (Wildman–Crippen MR) is 102 cm³/mol. The monoisotopic (exact) mass is 365 g/mol. The van der Waals surface area contributed by atoms with Gasteiger partial charge in [-0.1, -0.05) is 18.2 Å². The van der Waals surface area contributed by atoms with Crippen molar-refractivity contribution in [3.05, 3.63) is 81.7 Å². The normalized spacial score (nSPS) is 10.4. The van der Waals surface area contributed by atoms with E-state index in [0.29, 0.717) is 12.2 Å². The Labute approximate surface area is 156 Å². The van der Waals surface area contributed by atoms with Gasteiger partial charge in [-0.05, 0) is 38.1 Å². The fraction of sp³-hybridized carbons (Fsp3) is 0.158. The Morgan fingerprint density at radius 3 is 2.41 bits per heavy atom. The molecule has 0 aliphatic rings. The van der Waals surface area contributed by atoms with Gasteiger partial charge in [-0.2, -0.15) is 5.10 Å². The minimum absolute atomic E-state index is 0.0273. The number of amides is 2. The SMILES string of the molecule is Cc1nn(-c2ccccc2)c(C)c1CNC(=O)Nc1ccc([N+](=O)[O-])cc1. The number of urea groups is 1. The molecule has 0 fully saturated rings. The smallest absolute Gasteiger partial charge is 0.319 e. The average Bonchev–Trinajstić information content (AvgIpc) is 2.95. The fourth-order valence-corrected chi connectivity index (χ4v) is 2.76. The summed E-state index contributed by atoms with van der Waals surface area (Å²) in [5.74, 6) is 0. The molecule has 2 aromatic carbocycles. The molecule has 8 heteroatoms. The Balaban J connectivity index is 1.65. The summed E-state index contributed by atoms with van der Waals surface area (Å²) in [4.78, 5) is 22.3. The largest absolute Gasteiger partial charge is 0.334 e. The zero-order valence-corrected chi connectivity index (χ0v) is 15.0. The van der Waals surface area contributed by atoms with E-state index in [1.54, 1.807) is 0 Å². The number of aromatic nitrogens is 2. The highest BCUT2D eigenvalue weighted by Gasteiger charge is 2.14. The van der Waals surface area contributed by atoms with Crippen LogP contribution in [0.2, 0.25) is 0 Å². The van der Waals surface area contributed by atoms with Crippen molar-refractivity contribution in [2.75, 3.05) is 5.32 Å². The maximum absolute atomic E-state index is 12.1. The van der Waals surface area contributed by atoms with Gasteiger partial charge in [0.2, 0.25) is 0 Å². The number of non-ortho nitro benzene ring substituents is 1. The van der Waals surface area contributed by atoms with Gasteiger partial charge in [0, 0.05) is 35.6 Å². The molecule has 3 rings (SSSR count). The van der Waals surface area contributed by atoms with E-state index >= 15 is 0 Å². The molecule has 0 bridgehead atoms. The standard InChI is InChI=1S/C19H19N5O3/c1-13-18(14(2)23(22-13)16-6-4-3-5-7-16)12-20-19(25)21-15-8-10-17(11-9-15)24(26)27/h3-11H,12H2,1-2H3,(H2,20,21,25). The summed E-state index contributed by atoms with van der Waals surface area (Å²) in [5, 5.41) is 20.7. The van der Waals surface area contributed by atoms with Crippen molar-refractivity contribution in [1.29, 1.82) is 0 Å². The quantitative estimate of drug-likeness (QED) is 0.531. The second kappa shape index (κ2) is 7.69.